The number of carbonyl (C=O) groups is 1. The quantitative estimate of drug-likeness (QED) is 0.844. The Morgan fingerprint density at radius 3 is 2.76 bits per heavy atom. The van der Waals surface area contributed by atoms with E-state index in [-0.39, 0.29) is 12.8 Å². The maximum atomic E-state index is 12.1. The number of ether oxygens (including phenoxy) is 2. The highest BCUT2D eigenvalue weighted by atomic mass is 16.7. The van der Waals surface area contributed by atoms with Gasteiger partial charge in [-0.05, 0) is 43.7 Å². The van der Waals surface area contributed by atoms with E-state index in [1.807, 2.05) is 12.1 Å². The van der Waals surface area contributed by atoms with Crippen LogP contribution in [0.1, 0.15) is 19.4 Å². The molecule has 0 unspecified atom stereocenters. The van der Waals surface area contributed by atoms with E-state index < -0.39 is 0 Å². The topological polar surface area (TPSA) is 75.7 Å². The van der Waals surface area contributed by atoms with E-state index in [0.29, 0.717) is 23.7 Å². The monoisotopic (exact) mass is 342 g/mol. The molecule has 0 aliphatic carbocycles. The highest BCUT2D eigenvalue weighted by Gasteiger charge is 2.14. The zero-order valence-corrected chi connectivity index (χ0v) is 14.4. The Morgan fingerprint density at radius 1 is 1.16 bits per heavy atom. The molecule has 0 bridgehead atoms. The van der Waals surface area contributed by atoms with Crippen LogP contribution in [-0.4, -0.2) is 30.9 Å². The second kappa shape index (κ2) is 7.74. The molecule has 132 valence electrons. The van der Waals surface area contributed by atoms with Crippen LogP contribution in [0, 0.1) is 0 Å². The van der Waals surface area contributed by atoms with E-state index in [1.165, 1.54) is 0 Å². The zero-order chi connectivity index (χ0) is 17.6. The number of pyridine rings is 1. The van der Waals surface area contributed by atoms with Gasteiger partial charge in [0, 0.05) is 37.6 Å². The summed E-state index contributed by atoms with van der Waals surface area (Å²) in [5.74, 6) is 2.24. The lowest BCUT2D eigenvalue weighted by Gasteiger charge is -2.20. The van der Waals surface area contributed by atoms with Crippen molar-refractivity contribution < 1.29 is 14.3 Å². The van der Waals surface area contributed by atoms with Gasteiger partial charge < -0.3 is 25.0 Å². The Balaban J connectivity index is 1.56. The molecule has 2 N–H and O–H groups in total. The van der Waals surface area contributed by atoms with Crippen molar-refractivity contribution in [2.75, 3.05) is 30.1 Å². The molecule has 0 saturated heterocycles. The van der Waals surface area contributed by atoms with Crippen molar-refractivity contribution in [2.24, 2.45) is 0 Å². The molecule has 2 amide bonds. The van der Waals surface area contributed by atoms with Crippen molar-refractivity contribution >= 4 is 17.5 Å². The van der Waals surface area contributed by atoms with Crippen molar-refractivity contribution in [3.63, 3.8) is 0 Å². The molecule has 0 spiro atoms. The summed E-state index contributed by atoms with van der Waals surface area (Å²) in [5.41, 5.74) is 1.65. The third-order valence-electron chi connectivity index (χ3n) is 3.98. The molecule has 2 heterocycles. The van der Waals surface area contributed by atoms with E-state index in [2.05, 4.69) is 34.4 Å². The van der Waals surface area contributed by atoms with Crippen molar-refractivity contribution in [3.8, 4) is 11.5 Å². The van der Waals surface area contributed by atoms with Crippen LogP contribution >= 0.6 is 0 Å². The Labute approximate surface area is 147 Å². The van der Waals surface area contributed by atoms with E-state index in [0.717, 1.165) is 24.5 Å². The van der Waals surface area contributed by atoms with Gasteiger partial charge in [0.15, 0.2) is 11.5 Å². The predicted molar refractivity (Wildman–Crippen MR) is 96.2 cm³/mol. The minimum atomic E-state index is -0.278. The lowest BCUT2D eigenvalue weighted by atomic mass is 10.2. The first-order valence-corrected chi connectivity index (χ1v) is 8.34. The Bertz CT molecular complexity index is 747. The number of hydrogen-bond acceptors (Lipinski definition) is 5. The highest BCUT2D eigenvalue weighted by molar-refractivity contribution is 5.89. The van der Waals surface area contributed by atoms with Crippen LogP contribution in [0.3, 0.4) is 0 Å². The second-order valence-corrected chi connectivity index (χ2v) is 5.57. The first kappa shape index (κ1) is 16.9. The third-order valence-corrected chi connectivity index (χ3v) is 3.98. The number of urea groups is 1. The van der Waals surface area contributed by atoms with Gasteiger partial charge in [-0.15, -0.1) is 0 Å². The predicted octanol–water partition coefficient (Wildman–Crippen LogP) is 2.98. The molecule has 1 aromatic heterocycles. The summed E-state index contributed by atoms with van der Waals surface area (Å²) in [7, 11) is 0. The van der Waals surface area contributed by atoms with Crippen LogP contribution < -0.4 is 25.0 Å². The third kappa shape index (κ3) is 4.12. The Hall–Kier alpha value is -2.96. The molecule has 1 aliphatic heterocycles. The number of nitrogens with one attached hydrogen (secondary N) is 2. The molecular formula is C18H22N4O3. The number of carbonyl (C=O) groups excluding carboxylic acids is 1. The van der Waals surface area contributed by atoms with Crippen molar-refractivity contribution in [1.82, 2.24) is 10.3 Å². The van der Waals surface area contributed by atoms with Crippen LogP contribution in [0.25, 0.3) is 0 Å². The molecule has 0 fully saturated rings. The average molecular weight is 342 g/mol. The van der Waals surface area contributed by atoms with Crippen LogP contribution in [-0.2, 0) is 6.54 Å². The summed E-state index contributed by atoms with van der Waals surface area (Å²) < 4.78 is 10.6. The smallest absolute Gasteiger partial charge is 0.319 e. The van der Waals surface area contributed by atoms with E-state index >= 15 is 0 Å². The average Bonchev–Trinajstić information content (AvgIpc) is 3.09. The molecule has 0 saturated carbocycles. The number of nitrogens with zero attached hydrogens (tertiary/aromatic N) is 2. The van der Waals surface area contributed by atoms with Gasteiger partial charge in [-0.25, -0.2) is 9.78 Å². The standard InChI is InChI=1S/C18H22N4O3/c1-3-22(4-2)17-9-13(7-8-19-17)11-20-18(23)21-14-5-6-15-16(10-14)25-12-24-15/h5-10H,3-4,11-12H2,1-2H3,(H2,20,21,23). The number of aromatic nitrogens is 1. The molecule has 3 rings (SSSR count). The maximum absolute atomic E-state index is 12.1. The summed E-state index contributed by atoms with van der Waals surface area (Å²) in [6, 6.07) is 8.91. The minimum Gasteiger partial charge on any atom is -0.454 e. The summed E-state index contributed by atoms with van der Waals surface area (Å²) in [4.78, 5) is 18.6. The van der Waals surface area contributed by atoms with Crippen molar-refractivity contribution in [3.05, 3.63) is 42.1 Å². The van der Waals surface area contributed by atoms with Gasteiger partial charge in [-0.2, -0.15) is 0 Å². The number of hydrogen-bond donors (Lipinski definition) is 2. The van der Waals surface area contributed by atoms with Gasteiger partial charge in [0.25, 0.3) is 0 Å². The van der Waals surface area contributed by atoms with Gasteiger partial charge in [0.2, 0.25) is 6.79 Å². The lowest BCUT2D eigenvalue weighted by Crippen LogP contribution is -2.28. The molecular weight excluding hydrogens is 320 g/mol. The van der Waals surface area contributed by atoms with Gasteiger partial charge in [0.05, 0.1) is 0 Å². The molecule has 0 radical (unpaired) electrons. The van der Waals surface area contributed by atoms with Crippen LogP contribution in [0.15, 0.2) is 36.5 Å². The number of anilines is 2. The normalized spacial score (nSPS) is 11.9. The fourth-order valence-corrected chi connectivity index (χ4v) is 2.62. The van der Waals surface area contributed by atoms with Crippen molar-refractivity contribution in [2.45, 2.75) is 20.4 Å². The van der Waals surface area contributed by atoms with Crippen LogP contribution in [0.2, 0.25) is 0 Å². The van der Waals surface area contributed by atoms with Gasteiger partial charge in [-0.1, -0.05) is 0 Å². The minimum absolute atomic E-state index is 0.210. The number of fused-ring (bicyclic) bond motifs is 1. The summed E-state index contributed by atoms with van der Waals surface area (Å²) >= 11 is 0. The first-order valence-electron chi connectivity index (χ1n) is 8.34. The Morgan fingerprint density at radius 2 is 1.96 bits per heavy atom. The largest absolute Gasteiger partial charge is 0.454 e. The molecule has 0 atom stereocenters. The maximum Gasteiger partial charge on any atom is 0.319 e. The van der Waals surface area contributed by atoms with E-state index in [4.69, 9.17) is 9.47 Å². The molecule has 1 aromatic carbocycles. The summed E-state index contributed by atoms with van der Waals surface area (Å²) in [5, 5.41) is 5.64. The fraction of sp³-hybridized carbons (Fsp3) is 0.333. The second-order valence-electron chi connectivity index (χ2n) is 5.57. The number of rotatable bonds is 6. The summed E-state index contributed by atoms with van der Waals surface area (Å²) in [6.07, 6.45) is 1.76. The number of amides is 2. The van der Waals surface area contributed by atoms with Crippen LogP contribution in [0.5, 0.6) is 11.5 Å². The van der Waals surface area contributed by atoms with Gasteiger partial charge in [-0.3, -0.25) is 0 Å². The molecule has 25 heavy (non-hydrogen) atoms. The van der Waals surface area contributed by atoms with Gasteiger partial charge >= 0.3 is 6.03 Å². The lowest BCUT2D eigenvalue weighted by molar-refractivity contribution is 0.174. The van der Waals surface area contributed by atoms with E-state index in [9.17, 15) is 4.79 Å². The zero-order valence-electron chi connectivity index (χ0n) is 14.4. The fourth-order valence-electron chi connectivity index (χ4n) is 2.62. The first-order chi connectivity index (χ1) is 12.2. The molecule has 7 heteroatoms. The Kier molecular flexibility index (Phi) is 5.23. The SMILES string of the molecule is CCN(CC)c1cc(CNC(=O)Nc2ccc3c(c2)OCO3)ccn1. The molecule has 7 nitrogen and oxygen atoms in total. The van der Waals surface area contributed by atoms with Gasteiger partial charge in [0.1, 0.15) is 5.82 Å². The summed E-state index contributed by atoms with van der Waals surface area (Å²) in [6.45, 7) is 6.61. The number of benzene rings is 1. The molecule has 1 aliphatic rings. The molecule has 2 aromatic rings. The van der Waals surface area contributed by atoms with Crippen molar-refractivity contribution in [1.29, 1.82) is 0 Å². The van der Waals surface area contributed by atoms with E-state index in [1.54, 1.807) is 24.4 Å². The highest BCUT2D eigenvalue weighted by Crippen LogP contribution is 2.34. The van der Waals surface area contributed by atoms with Crippen LogP contribution in [0.4, 0.5) is 16.3 Å².